The molecule has 0 radical (unpaired) electrons. The van der Waals surface area contributed by atoms with Crippen molar-refractivity contribution in [2.75, 3.05) is 26.8 Å². The molecule has 0 spiro atoms. The van der Waals surface area contributed by atoms with Crippen LogP contribution in [0.25, 0.3) is 0 Å². The summed E-state index contributed by atoms with van der Waals surface area (Å²) < 4.78 is 11.3. The van der Waals surface area contributed by atoms with Crippen molar-refractivity contribution in [1.29, 1.82) is 0 Å². The van der Waals surface area contributed by atoms with Crippen LogP contribution in [-0.2, 0) is 11.3 Å². The van der Waals surface area contributed by atoms with E-state index in [0.717, 1.165) is 31.3 Å². The number of nitrogens with one attached hydrogen (secondary N) is 2. The lowest BCUT2D eigenvalue weighted by molar-refractivity contribution is 0.0258. The van der Waals surface area contributed by atoms with Crippen LogP contribution in [0.1, 0.15) is 39.7 Å². The van der Waals surface area contributed by atoms with Gasteiger partial charge in [-0.05, 0) is 43.9 Å². The zero-order chi connectivity index (χ0) is 17.8. The SMILES string of the molecule is CCOc1cccc(CNC(=NC)NCCC(OCC)C(C)C)c1. The fourth-order valence-electron chi connectivity index (χ4n) is 2.47. The Bertz CT molecular complexity index is 489. The van der Waals surface area contributed by atoms with Crippen LogP contribution in [0.2, 0.25) is 0 Å². The molecule has 0 saturated carbocycles. The summed E-state index contributed by atoms with van der Waals surface area (Å²) in [5, 5.41) is 6.68. The molecule has 1 atom stereocenters. The van der Waals surface area contributed by atoms with E-state index in [1.807, 2.05) is 32.0 Å². The molecule has 24 heavy (non-hydrogen) atoms. The highest BCUT2D eigenvalue weighted by Crippen LogP contribution is 2.13. The maximum absolute atomic E-state index is 5.77. The summed E-state index contributed by atoms with van der Waals surface area (Å²) in [6.45, 7) is 11.4. The summed E-state index contributed by atoms with van der Waals surface area (Å²) in [5.41, 5.74) is 1.17. The van der Waals surface area contributed by atoms with Crippen LogP contribution in [0.3, 0.4) is 0 Å². The normalized spacial score (nSPS) is 13.0. The molecule has 136 valence electrons. The van der Waals surface area contributed by atoms with Gasteiger partial charge in [0.15, 0.2) is 5.96 Å². The third-order valence-corrected chi connectivity index (χ3v) is 3.74. The van der Waals surface area contributed by atoms with E-state index in [0.29, 0.717) is 19.1 Å². The summed E-state index contributed by atoms with van der Waals surface area (Å²) in [5.74, 6) is 2.22. The summed E-state index contributed by atoms with van der Waals surface area (Å²) in [7, 11) is 1.79. The molecule has 0 fully saturated rings. The fraction of sp³-hybridized carbons (Fsp3) is 0.632. The van der Waals surface area contributed by atoms with E-state index in [-0.39, 0.29) is 6.10 Å². The van der Waals surface area contributed by atoms with Crippen LogP contribution >= 0.6 is 0 Å². The van der Waals surface area contributed by atoms with Gasteiger partial charge in [0.25, 0.3) is 0 Å². The lowest BCUT2D eigenvalue weighted by atomic mass is 10.0. The Kier molecular flexibility index (Phi) is 9.92. The maximum atomic E-state index is 5.77. The second-order valence-electron chi connectivity index (χ2n) is 5.96. The monoisotopic (exact) mass is 335 g/mol. The maximum Gasteiger partial charge on any atom is 0.191 e. The highest BCUT2D eigenvalue weighted by atomic mass is 16.5. The Balaban J connectivity index is 2.41. The zero-order valence-corrected chi connectivity index (χ0v) is 15.8. The van der Waals surface area contributed by atoms with Gasteiger partial charge in [0.1, 0.15) is 5.75 Å². The van der Waals surface area contributed by atoms with Crippen LogP contribution in [0.5, 0.6) is 5.75 Å². The first-order valence-electron chi connectivity index (χ1n) is 8.88. The van der Waals surface area contributed by atoms with E-state index in [4.69, 9.17) is 9.47 Å². The van der Waals surface area contributed by atoms with Gasteiger partial charge in [0.05, 0.1) is 12.7 Å². The minimum atomic E-state index is 0.281. The van der Waals surface area contributed by atoms with E-state index in [1.165, 1.54) is 5.56 Å². The molecular formula is C19H33N3O2. The quantitative estimate of drug-likeness (QED) is 0.509. The smallest absolute Gasteiger partial charge is 0.191 e. The lowest BCUT2D eigenvalue weighted by Gasteiger charge is -2.21. The molecule has 0 heterocycles. The molecule has 0 aliphatic rings. The molecule has 1 aromatic rings. The number of hydrogen-bond donors (Lipinski definition) is 2. The molecule has 5 heteroatoms. The molecule has 1 unspecified atom stereocenters. The zero-order valence-electron chi connectivity index (χ0n) is 15.8. The van der Waals surface area contributed by atoms with Gasteiger partial charge in [-0.2, -0.15) is 0 Å². The molecule has 1 aromatic carbocycles. The molecule has 0 amide bonds. The third kappa shape index (κ3) is 7.68. The molecule has 0 aromatic heterocycles. The van der Waals surface area contributed by atoms with Crippen LogP contribution in [0.4, 0.5) is 0 Å². The third-order valence-electron chi connectivity index (χ3n) is 3.74. The number of ether oxygens (including phenoxy) is 2. The number of hydrogen-bond acceptors (Lipinski definition) is 3. The van der Waals surface area contributed by atoms with Crippen molar-refractivity contribution in [3.05, 3.63) is 29.8 Å². The predicted molar refractivity (Wildman–Crippen MR) is 101 cm³/mol. The predicted octanol–water partition coefficient (Wildman–Crippen LogP) is 3.20. The minimum absolute atomic E-state index is 0.281. The average molecular weight is 335 g/mol. The summed E-state index contributed by atoms with van der Waals surface area (Å²) in [4.78, 5) is 4.27. The number of nitrogens with zero attached hydrogens (tertiary/aromatic N) is 1. The summed E-state index contributed by atoms with van der Waals surface area (Å²) in [6, 6.07) is 8.10. The fourth-order valence-corrected chi connectivity index (χ4v) is 2.47. The van der Waals surface area contributed by atoms with Gasteiger partial charge in [-0.3, -0.25) is 4.99 Å². The molecule has 0 saturated heterocycles. The topological polar surface area (TPSA) is 54.9 Å². The highest BCUT2D eigenvalue weighted by molar-refractivity contribution is 5.79. The van der Waals surface area contributed by atoms with Crippen molar-refractivity contribution in [2.45, 2.75) is 46.8 Å². The Morgan fingerprint density at radius 2 is 1.96 bits per heavy atom. The Hall–Kier alpha value is -1.75. The van der Waals surface area contributed by atoms with E-state index in [9.17, 15) is 0 Å². The van der Waals surface area contributed by atoms with Crippen LogP contribution in [0.15, 0.2) is 29.3 Å². The first-order valence-corrected chi connectivity index (χ1v) is 8.88. The van der Waals surface area contributed by atoms with E-state index < -0.39 is 0 Å². The van der Waals surface area contributed by atoms with Gasteiger partial charge in [-0.15, -0.1) is 0 Å². The van der Waals surface area contributed by atoms with Gasteiger partial charge >= 0.3 is 0 Å². The first kappa shape index (κ1) is 20.3. The van der Waals surface area contributed by atoms with Gasteiger partial charge in [-0.1, -0.05) is 26.0 Å². The van der Waals surface area contributed by atoms with Gasteiger partial charge in [-0.25, -0.2) is 0 Å². The van der Waals surface area contributed by atoms with E-state index in [1.54, 1.807) is 7.05 Å². The number of benzene rings is 1. The van der Waals surface area contributed by atoms with Crippen molar-refractivity contribution < 1.29 is 9.47 Å². The first-order chi connectivity index (χ1) is 11.6. The van der Waals surface area contributed by atoms with Crippen molar-refractivity contribution in [2.24, 2.45) is 10.9 Å². The van der Waals surface area contributed by atoms with E-state index >= 15 is 0 Å². The van der Waals surface area contributed by atoms with Gasteiger partial charge < -0.3 is 20.1 Å². The van der Waals surface area contributed by atoms with Crippen LogP contribution in [0, 0.1) is 5.92 Å². The molecule has 5 nitrogen and oxygen atoms in total. The van der Waals surface area contributed by atoms with Gasteiger partial charge in [0.2, 0.25) is 0 Å². The number of rotatable bonds is 10. The highest BCUT2D eigenvalue weighted by Gasteiger charge is 2.12. The molecule has 1 rings (SSSR count). The molecule has 2 N–H and O–H groups in total. The van der Waals surface area contributed by atoms with E-state index in [2.05, 4.69) is 35.5 Å². The second kappa shape index (κ2) is 11.7. The largest absolute Gasteiger partial charge is 0.494 e. The Morgan fingerprint density at radius 3 is 2.58 bits per heavy atom. The number of aliphatic imine (C=N–C) groups is 1. The lowest BCUT2D eigenvalue weighted by Crippen LogP contribution is -2.38. The van der Waals surface area contributed by atoms with Crippen molar-refractivity contribution in [1.82, 2.24) is 10.6 Å². The molecule has 0 bridgehead atoms. The molecule has 0 aliphatic carbocycles. The number of guanidine groups is 1. The molecular weight excluding hydrogens is 302 g/mol. The minimum Gasteiger partial charge on any atom is -0.494 e. The van der Waals surface area contributed by atoms with Crippen molar-refractivity contribution >= 4 is 5.96 Å². The Labute approximate surface area is 146 Å². The summed E-state index contributed by atoms with van der Waals surface area (Å²) >= 11 is 0. The standard InChI is InChI=1S/C19H33N3O2/c1-6-23-17-10-8-9-16(13-17)14-22-19(20-5)21-12-11-18(15(3)4)24-7-2/h8-10,13,15,18H,6-7,11-12,14H2,1-5H3,(H2,20,21,22). The molecule has 0 aliphatic heterocycles. The average Bonchev–Trinajstić information content (AvgIpc) is 2.57. The van der Waals surface area contributed by atoms with Crippen LogP contribution in [-0.4, -0.2) is 38.9 Å². The van der Waals surface area contributed by atoms with Gasteiger partial charge in [0, 0.05) is 26.7 Å². The second-order valence-corrected chi connectivity index (χ2v) is 5.96. The Morgan fingerprint density at radius 1 is 1.17 bits per heavy atom. The van der Waals surface area contributed by atoms with Crippen molar-refractivity contribution in [3.63, 3.8) is 0 Å². The summed E-state index contributed by atoms with van der Waals surface area (Å²) in [6.07, 6.45) is 1.25. The van der Waals surface area contributed by atoms with Crippen molar-refractivity contribution in [3.8, 4) is 5.75 Å². The van der Waals surface area contributed by atoms with Crippen LogP contribution < -0.4 is 15.4 Å².